The number of azide groups is 1. The Balaban J connectivity index is 1.59. The van der Waals surface area contributed by atoms with Crippen LogP contribution in [-0.2, 0) is 29.0 Å². The zero-order chi connectivity index (χ0) is 30.8. The highest BCUT2D eigenvalue weighted by atomic mass is 79.9. The third kappa shape index (κ3) is 7.29. The first-order chi connectivity index (χ1) is 21.5. The second kappa shape index (κ2) is 14.7. The Labute approximate surface area is 264 Å². The van der Waals surface area contributed by atoms with Crippen molar-refractivity contribution in [2.75, 3.05) is 13.2 Å². The molecule has 9 nitrogen and oxygen atoms in total. The van der Waals surface area contributed by atoms with Gasteiger partial charge < -0.3 is 19.9 Å². The van der Waals surface area contributed by atoms with Gasteiger partial charge in [-0.25, -0.2) is 4.99 Å². The summed E-state index contributed by atoms with van der Waals surface area (Å²) in [6.07, 6.45) is -0.0270. The minimum atomic E-state index is -1.39. The van der Waals surface area contributed by atoms with Crippen LogP contribution in [0.25, 0.3) is 10.4 Å². The van der Waals surface area contributed by atoms with E-state index in [0.717, 1.165) is 26.7 Å². The number of benzene rings is 4. The molecule has 0 aliphatic carbocycles. The maximum atomic E-state index is 14.5. The molecule has 0 bridgehead atoms. The molecule has 44 heavy (non-hydrogen) atoms. The number of halogens is 1. The highest BCUT2D eigenvalue weighted by molar-refractivity contribution is 9.10. The Kier molecular flexibility index (Phi) is 10.3. The van der Waals surface area contributed by atoms with E-state index in [0.29, 0.717) is 36.8 Å². The normalized spacial score (nSPS) is 17.2. The SMILES string of the molecule is [N-]=[N+]=NCc1ccccc1[C@H]1OC(c2ccc(OCCCO)cc2)=N[C@@]1(Cc1ccc(Br)cc1)C(=O)NCc1ccccc1. The minimum absolute atomic E-state index is 0.0536. The van der Waals surface area contributed by atoms with Crippen molar-refractivity contribution in [2.45, 2.75) is 37.6 Å². The zero-order valence-corrected chi connectivity index (χ0v) is 25.6. The van der Waals surface area contributed by atoms with E-state index in [1.165, 1.54) is 0 Å². The van der Waals surface area contributed by atoms with Crippen LogP contribution in [0, 0.1) is 0 Å². The van der Waals surface area contributed by atoms with Crippen molar-refractivity contribution in [2.24, 2.45) is 10.1 Å². The fourth-order valence-corrected chi connectivity index (χ4v) is 5.41. The van der Waals surface area contributed by atoms with Crippen molar-refractivity contribution in [3.05, 3.63) is 146 Å². The summed E-state index contributed by atoms with van der Waals surface area (Å²) in [7, 11) is 0. The van der Waals surface area contributed by atoms with Crippen LogP contribution in [0.5, 0.6) is 5.75 Å². The number of aliphatic hydroxyl groups excluding tert-OH is 1. The molecule has 4 aromatic rings. The molecule has 0 spiro atoms. The topological polar surface area (TPSA) is 129 Å². The Morgan fingerprint density at radius 2 is 1.73 bits per heavy atom. The zero-order valence-electron chi connectivity index (χ0n) is 24.0. The van der Waals surface area contributed by atoms with Crippen LogP contribution in [-0.4, -0.2) is 35.7 Å². The predicted octanol–water partition coefficient (Wildman–Crippen LogP) is 6.84. The Hall–Kier alpha value is -4.63. The number of carbonyl (C=O) groups is 1. The average Bonchev–Trinajstić information content (AvgIpc) is 3.45. The molecule has 0 saturated carbocycles. The largest absolute Gasteiger partial charge is 0.494 e. The molecular formula is C34H32BrN5O4. The number of nitrogens with zero attached hydrogens (tertiary/aromatic N) is 4. The summed E-state index contributed by atoms with van der Waals surface area (Å²) >= 11 is 3.51. The average molecular weight is 655 g/mol. The van der Waals surface area contributed by atoms with Crippen LogP contribution >= 0.6 is 15.9 Å². The van der Waals surface area contributed by atoms with Gasteiger partial charge in [0.05, 0.1) is 13.2 Å². The molecule has 2 atom stereocenters. The van der Waals surface area contributed by atoms with Crippen molar-refractivity contribution in [1.82, 2.24) is 5.32 Å². The first kappa shape index (κ1) is 30.8. The first-order valence-electron chi connectivity index (χ1n) is 14.3. The van der Waals surface area contributed by atoms with Gasteiger partial charge in [-0.15, -0.1) is 0 Å². The van der Waals surface area contributed by atoms with Crippen LogP contribution in [0.3, 0.4) is 0 Å². The van der Waals surface area contributed by atoms with E-state index < -0.39 is 11.6 Å². The number of ether oxygens (including phenoxy) is 2. The minimum Gasteiger partial charge on any atom is -0.494 e. The maximum absolute atomic E-state index is 14.5. The second-order valence-corrected chi connectivity index (χ2v) is 11.3. The second-order valence-electron chi connectivity index (χ2n) is 10.3. The molecule has 1 amide bonds. The third-order valence-corrected chi connectivity index (χ3v) is 7.88. The van der Waals surface area contributed by atoms with Crippen LogP contribution < -0.4 is 10.1 Å². The number of aliphatic imine (C=N–C) groups is 1. The first-order valence-corrected chi connectivity index (χ1v) is 15.1. The van der Waals surface area contributed by atoms with Crippen LogP contribution in [0.2, 0.25) is 0 Å². The van der Waals surface area contributed by atoms with Gasteiger partial charge in [-0.05, 0) is 64.2 Å². The predicted molar refractivity (Wildman–Crippen MR) is 172 cm³/mol. The summed E-state index contributed by atoms with van der Waals surface area (Å²) in [5.41, 5.74) is 11.7. The monoisotopic (exact) mass is 653 g/mol. The fourth-order valence-electron chi connectivity index (χ4n) is 5.15. The Morgan fingerprint density at radius 1 is 1.00 bits per heavy atom. The number of hydrogen-bond acceptors (Lipinski definition) is 6. The fraction of sp³-hybridized carbons (Fsp3) is 0.235. The van der Waals surface area contributed by atoms with E-state index in [9.17, 15) is 4.79 Å². The molecule has 10 heteroatoms. The van der Waals surface area contributed by atoms with Gasteiger partial charge in [0.15, 0.2) is 11.6 Å². The van der Waals surface area contributed by atoms with Gasteiger partial charge in [0.2, 0.25) is 5.90 Å². The molecule has 0 radical (unpaired) electrons. The van der Waals surface area contributed by atoms with E-state index >= 15 is 0 Å². The summed E-state index contributed by atoms with van der Waals surface area (Å²) in [6.45, 7) is 0.870. The Morgan fingerprint density at radius 3 is 2.45 bits per heavy atom. The van der Waals surface area contributed by atoms with Gasteiger partial charge in [-0.2, -0.15) is 0 Å². The molecule has 1 aliphatic rings. The summed E-state index contributed by atoms with van der Waals surface area (Å²) in [4.78, 5) is 22.5. The smallest absolute Gasteiger partial charge is 0.252 e. The van der Waals surface area contributed by atoms with Gasteiger partial charge in [-0.1, -0.05) is 87.8 Å². The number of aliphatic hydroxyl groups is 1. The highest BCUT2D eigenvalue weighted by Crippen LogP contribution is 2.44. The molecule has 4 aromatic carbocycles. The van der Waals surface area contributed by atoms with Gasteiger partial charge in [0, 0.05) is 40.9 Å². The number of nitrogens with one attached hydrogen (secondary N) is 1. The molecule has 0 unspecified atom stereocenters. The molecule has 0 aromatic heterocycles. The van der Waals surface area contributed by atoms with E-state index in [1.54, 1.807) is 0 Å². The van der Waals surface area contributed by atoms with Crippen molar-refractivity contribution < 1.29 is 19.4 Å². The summed E-state index contributed by atoms with van der Waals surface area (Å²) in [6, 6.07) is 32.3. The molecule has 1 aliphatic heterocycles. The summed E-state index contributed by atoms with van der Waals surface area (Å²) < 4.78 is 13.3. The molecule has 224 valence electrons. The van der Waals surface area contributed by atoms with E-state index in [2.05, 4.69) is 31.3 Å². The van der Waals surface area contributed by atoms with Crippen LogP contribution in [0.15, 0.2) is 118 Å². The van der Waals surface area contributed by atoms with Crippen molar-refractivity contribution in [3.63, 3.8) is 0 Å². The number of rotatable bonds is 13. The lowest BCUT2D eigenvalue weighted by atomic mass is 9.80. The standard InChI is InChI=1S/C34H32BrN5O4/c35-28-15-11-24(12-16-28)21-34(33(42)37-22-25-7-2-1-3-8-25)31(30-10-5-4-9-27(30)23-38-40-36)44-32(39-34)26-13-17-29(18-14-26)43-20-6-19-41/h1-5,7-18,31,41H,6,19-23H2,(H,37,42)/t31-,34-/m1/s1. The van der Waals surface area contributed by atoms with Crippen molar-refractivity contribution in [3.8, 4) is 5.75 Å². The van der Waals surface area contributed by atoms with Crippen molar-refractivity contribution in [1.29, 1.82) is 0 Å². The van der Waals surface area contributed by atoms with Crippen LogP contribution in [0.1, 0.15) is 40.3 Å². The number of carbonyl (C=O) groups excluding carboxylic acids is 1. The van der Waals surface area contributed by atoms with Gasteiger partial charge in [0.25, 0.3) is 5.91 Å². The molecule has 2 N–H and O–H groups in total. The highest BCUT2D eigenvalue weighted by Gasteiger charge is 2.53. The van der Waals surface area contributed by atoms with E-state index in [-0.39, 0.29) is 25.5 Å². The van der Waals surface area contributed by atoms with Crippen LogP contribution in [0.4, 0.5) is 0 Å². The van der Waals surface area contributed by atoms with Gasteiger partial charge in [0.1, 0.15) is 5.75 Å². The number of amides is 1. The van der Waals surface area contributed by atoms with Gasteiger partial charge in [-0.3, -0.25) is 4.79 Å². The lowest BCUT2D eigenvalue weighted by Crippen LogP contribution is -2.49. The molecule has 1 heterocycles. The molecular weight excluding hydrogens is 622 g/mol. The summed E-state index contributed by atoms with van der Waals surface area (Å²) in [5, 5.41) is 16.0. The lowest BCUT2D eigenvalue weighted by molar-refractivity contribution is -0.129. The van der Waals surface area contributed by atoms with E-state index in [1.807, 2.05) is 103 Å². The van der Waals surface area contributed by atoms with E-state index in [4.69, 9.17) is 25.1 Å². The third-order valence-electron chi connectivity index (χ3n) is 7.35. The van der Waals surface area contributed by atoms with Crippen molar-refractivity contribution >= 4 is 27.7 Å². The Bertz CT molecular complexity index is 1640. The molecule has 0 saturated heterocycles. The maximum Gasteiger partial charge on any atom is 0.252 e. The van der Waals surface area contributed by atoms with Gasteiger partial charge >= 0.3 is 0 Å². The molecule has 0 fully saturated rings. The lowest BCUT2D eigenvalue weighted by Gasteiger charge is -2.32. The number of hydrogen-bond donors (Lipinski definition) is 2. The quantitative estimate of drug-likeness (QED) is 0.0708. The molecule has 5 rings (SSSR count). The summed E-state index contributed by atoms with van der Waals surface area (Å²) in [5.74, 6) is 0.688.